The monoisotopic (exact) mass is 301 g/mol. The predicted octanol–water partition coefficient (Wildman–Crippen LogP) is 2.50. The SMILES string of the molecule is CC(C)CCCNC(=O)NCc1ccc(-n2ccnc2)nc1. The Balaban J connectivity index is 1.71. The molecule has 0 saturated heterocycles. The molecule has 0 unspecified atom stereocenters. The first-order chi connectivity index (χ1) is 10.6. The van der Waals surface area contributed by atoms with Crippen molar-refractivity contribution >= 4 is 6.03 Å². The van der Waals surface area contributed by atoms with Gasteiger partial charge in [0.05, 0.1) is 0 Å². The summed E-state index contributed by atoms with van der Waals surface area (Å²) in [4.78, 5) is 20.0. The van der Waals surface area contributed by atoms with Crippen LogP contribution in [-0.4, -0.2) is 27.1 Å². The normalized spacial score (nSPS) is 10.7. The van der Waals surface area contributed by atoms with Gasteiger partial charge in [0.15, 0.2) is 0 Å². The molecule has 0 spiro atoms. The van der Waals surface area contributed by atoms with Gasteiger partial charge in [-0.15, -0.1) is 0 Å². The predicted molar refractivity (Wildman–Crippen MR) is 85.7 cm³/mol. The lowest BCUT2D eigenvalue weighted by Gasteiger charge is -2.09. The van der Waals surface area contributed by atoms with Crippen molar-refractivity contribution in [1.29, 1.82) is 0 Å². The fraction of sp³-hybridized carbons (Fsp3) is 0.438. The lowest BCUT2D eigenvalue weighted by atomic mass is 10.1. The summed E-state index contributed by atoms with van der Waals surface area (Å²) in [5, 5.41) is 5.69. The summed E-state index contributed by atoms with van der Waals surface area (Å²) in [6, 6.07) is 3.71. The molecule has 2 aromatic heterocycles. The number of nitrogens with one attached hydrogen (secondary N) is 2. The van der Waals surface area contributed by atoms with Crippen LogP contribution in [-0.2, 0) is 6.54 Å². The highest BCUT2D eigenvalue weighted by Crippen LogP contribution is 2.05. The topological polar surface area (TPSA) is 71.8 Å². The van der Waals surface area contributed by atoms with Crippen LogP contribution in [0.1, 0.15) is 32.3 Å². The molecule has 0 aliphatic carbocycles. The molecule has 22 heavy (non-hydrogen) atoms. The van der Waals surface area contributed by atoms with Gasteiger partial charge in [0.1, 0.15) is 12.1 Å². The Morgan fingerprint density at radius 1 is 1.32 bits per heavy atom. The van der Waals surface area contributed by atoms with E-state index < -0.39 is 0 Å². The summed E-state index contributed by atoms with van der Waals surface area (Å²) in [5.41, 5.74) is 0.959. The van der Waals surface area contributed by atoms with Crippen molar-refractivity contribution in [2.75, 3.05) is 6.54 Å². The molecular weight excluding hydrogens is 278 g/mol. The average Bonchev–Trinajstić information content (AvgIpc) is 3.04. The fourth-order valence-electron chi connectivity index (χ4n) is 2.03. The van der Waals surface area contributed by atoms with Crippen LogP contribution in [0, 0.1) is 5.92 Å². The molecule has 0 saturated carbocycles. The second-order valence-electron chi connectivity index (χ2n) is 5.64. The summed E-state index contributed by atoms with van der Waals surface area (Å²) in [7, 11) is 0. The molecule has 2 rings (SSSR count). The molecule has 0 bridgehead atoms. The van der Waals surface area contributed by atoms with E-state index in [-0.39, 0.29) is 6.03 Å². The summed E-state index contributed by atoms with van der Waals surface area (Å²) in [6.45, 7) is 5.54. The quantitative estimate of drug-likeness (QED) is 0.772. The van der Waals surface area contributed by atoms with Crippen molar-refractivity contribution in [3.8, 4) is 5.82 Å². The van der Waals surface area contributed by atoms with E-state index in [2.05, 4.69) is 34.4 Å². The highest BCUT2D eigenvalue weighted by Gasteiger charge is 2.02. The first kappa shape index (κ1) is 16.0. The number of pyridine rings is 1. The molecule has 6 nitrogen and oxygen atoms in total. The van der Waals surface area contributed by atoms with Crippen molar-refractivity contribution in [2.24, 2.45) is 5.92 Å². The van der Waals surface area contributed by atoms with Gasteiger partial charge in [0, 0.05) is 31.7 Å². The number of urea groups is 1. The van der Waals surface area contributed by atoms with Crippen LogP contribution in [0.15, 0.2) is 37.1 Å². The Hall–Kier alpha value is -2.37. The van der Waals surface area contributed by atoms with E-state index in [0.717, 1.165) is 24.2 Å². The Bertz CT molecular complexity index is 563. The van der Waals surface area contributed by atoms with Crippen molar-refractivity contribution in [3.05, 3.63) is 42.6 Å². The highest BCUT2D eigenvalue weighted by atomic mass is 16.2. The molecule has 0 atom stereocenters. The second kappa shape index (κ2) is 8.17. The van der Waals surface area contributed by atoms with Gasteiger partial charge in [-0.25, -0.2) is 14.8 Å². The van der Waals surface area contributed by atoms with Gasteiger partial charge >= 0.3 is 6.03 Å². The average molecular weight is 301 g/mol. The van der Waals surface area contributed by atoms with Gasteiger partial charge in [-0.3, -0.25) is 4.57 Å². The van der Waals surface area contributed by atoms with Crippen molar-refractivity contribution < 1.29 is 4.79 Å². The molecule has 0 aliphatic heterocycles. The Morgan fingerprint density at radius 2 is 2.18 bits per heavy atom. The zero-order valence-corrected chi connectivity index (χ0v) is 13.1. The first-order valence-electron chi connectivity index (χ1n) is 7.60. The molecule has 2 N–H and O–H groups in total. The van der Waals surface area contributed by atoms with Crippen molar-refractivity contribution in [3.63, 3.8) is 0 Å². The van der Waals surface area contributed by atoms with Crippen molar-refractivity contribution in [2.45, 2.75) is 33.2 Å². The molecule has 0 aliphatic rings. The molecule has 2 amide bonds. The lowest BCUT2D eigenvalue weighted by Crippen LogP contribution is -2.35. The number of aromatic nitrogens is 3. The van der Waals surface area contributed by atoms with Gasteiger partial charge < -0.3 is 10.6 Å². The highest BCUT2D eigenvalue weighted by molar-refractivity contribution is 5.73. The van der Waals surface area contributed by atoms with Gasteiger partial charge in [-0.1, -0.05) is 19.9 Å². The summed E-state index contributed by atoms with van der Waals surface area (Å²) >= 11 is 0. The fourth-order valence-corrected chi connectivity index (χ4v) is 2.03. The number of nitrogens with zero attached hydrogens (tertiary/aromatic N) is 3. The van der Waals surface area contributed by atoms with Gasteiger partial charge in [-0.2, -0.15) is 0 Å². The third-order valence-corrected chi connectivity index (χ3v) is 3.27. The molecule has 0 radical (unpaired) electrons. The van der Waals surface area contributed by atoms with Crippen LogP contribution in [0.4, 0.5) is 4.79 Å². The summed E-state index contributed by atoms with van der Waals surface area (Å²) in [5.74, 6) is 1.48. The second-order valence-corrected chi connectivity index (χ2v) is 5.64. The molecular formula is C16H23N5O. The Labute approximate surface area is 131 Å². The number of carbonyl (C=O) groups is 1. The van der Waals surface area contributed by atoms with E-state index in [9.17, 15) is 4.79 Å². The van der Waals surface area contributed by atoms with E-state index in [1.54, 1.807) is 18.7 Å². The number of carbonyl (C=O) groups excluding carboxylic acids is 1. The molecule has 118 valence electrons. The maximum atomic E-state index is 11.7. The van der Waals surface area contributed by atoms with Crippen LogP contribution in [0.25, 0.3) is 5.82 Å². The minimum absolute atomic E-state index is 0.137. The minimum atomic E-state index is -0.137. The number of imidazole rings is 1. The molecule has 6 heteroatoms. The van der Waals surface area contributed by atoms with Gasteiger partial charge in [-0.05, 0) is 30.4 Å². The van der Waals surface area contributed by atoms with Crippen LogP contribution in [0.2, 0.25) is 0 Å². The first-order valence-corrected chi connectivity index (χ1v) is 7.60. The van der Waals surface area contributed by atoms with Crippen LogP contribution in [0.5, 0.6) is 0 Å². The summed E-state index contributed by atoms with van der Waals surface area (Å²) < 4.78 is 1.83. The number of amides is 2. The molecule has 2 aromatic rings. The van der Waals surface area contributed by atoms with Gasteiger partial charge in [0.2, 0.25) is 0 Å². The maximum absolute atomic E-state index is 11.7. The van der Waals surface area contributed by atoms with Gasteiger partial charge in [0.25, 0.3) is 0 Å². The van der Waals surface area contributed by atoms with Crippen molar-refractivity contribution in [1.82, 2.24) is 25.2 Å². The minimum Gasteiger partial charge on any atom is -0.338 e. The zero-order valence-electron chi connectivity index (χ0n) is 13.1. The van der Waals surface area contributed by atoms with Crippen LogP contribution >= 0.6 is 0 Å². The van der Waals surface area contributed by atoms with E-state index >= 15 is 0 Å². The summed E-state index contributed by atoms with van der Waals surface area (Å²) in [6.07, 6.45) is 9.14. The van der Waals surface area contributed by atoms with E-state index in [0.29, 0.717) is 19.0 Å². The zero-order chi connectivity index (χ0) is 15.8. The third-order valence-electron chi connectivity index (χ3n) is 3.27. The molecule has 0 fully saturated rings. The smallest absolute Gasteiger partial charge is 0.315 e. The van der Waals surface area contributed by atoms with Crippen LogP contribution < -0.4 is 10.6 Å². The van der Waals surface area contributed by atoms with E-state index in [1.807, 2.05) is 22.9 Å². The third kappa shape index (κ3) is 5.20. The standard InChI is InChI=1S/C16H23N5O/c1-13(2)4-3-7-18-16(22)20-11-14-5-6-15(19-10-14)21-9-8-17-12-21/h5-6,8-10,12-13H,3-4,7,11H2,1-2H3,(H2,18,20,22). The van der Waals surface area contributed by atoms with E-state index in [4.69, 9.17) is 0 Å². The maximum Gasteiger partial charge on any atom is 0.315 e. The number of hydrogen-bond acceptors (Lipinski definition) is 3. The van der Waals surface area contributed by atoms with Crippen LogP contribution in [0.3, 0.4) is 0 Å². The Morgan fingerprint density at radius 3 is 2.82 bits per heavy atom. The lowest BCUT2D eigenvalue weighted by molar-refractivity contribution is 0.240. The van der Waals surface area contributed by atoms with E-state index in [1.165, 1.54) is 0 Å². The Kier molecular flexibility index (Phi) is 5.94. The molecule has 2 heterocycles. The molecule has 0 aromatic carbocycles. The largest absolute Gasteiger partial charge is 0.338 e. The number of rotatable bonds is 7. The number of hydrogen-bond donors (Lipinski definition) is 2.